The molecule has 0 saturated heterocycles. The average molecular weight is 442 g/mol. The molecule has 0 saturated carbocycles. The molecule has 1 aliphatic rings. The van der Waals surface area contributed by atoms with Crippen LogP contribution in [0.1, 0.15) is 16.1 Å². The zero-order chi connectivity index (χ0) is 21.9. The minimum atomic E-state index is -0.938. The van der Waals surface area contributed by atoms with E-state index in [0.29, 0.717) is 17.9 Å². The van der Waals surface area contributed by atoms with E-state index in [1.807, 2.05) is 60.7 Å². The van der Waals surface area contributed by atoms with Gasteiger partial charge in [-0.25, -0.2) is 9.78 Å². The Morgan fingerprint density at radius 1 is 0.938 bits per heavy atom. The Kier molecular flexibility index (Phi) is 5.47. The van der Waals surface area contributed by atoms with Crippen molar-refractivity contribution in [1.29, 1.82) is 0 Å². The van der Waals surface area contributed by atoms with E-state index in [9.17, 15) is 9.59 Å². The molecule has 1 aliphatic heterocycles. The quantitative estimate of drug-likeness (QED) is 0.436. The van der Waals surface area contributed by atoms with Crippen molar-refractivity contribution in [2.45, 2.75) is 16.9 Å². The highest BCUT2D eigenvalue weighted by Gasteiger charge is 2.30. The predicted molar refractivity (Wildman–Crippen MR) is 123 cm³/mol. The summed E-state index contributed by atoms with van der Waals surface area (Å²) in [5.41, 5.74) is 1.85. The SMILES string of the molecule is O=C(OC1Sc2ccccc2NC1=O)c1ccc(OCc2ccc3ccccc3n2)cc1. The van der Waals surface area contributed by atoms with Crippen LogP contribution in [0.15, 0.2) is 89.8 Å². The Labute approximate surface area is 188 Å². The fourth-order valence-corrected chi connectivity index (χ4v) is 4.24. The molecular formula is C25H18N2O4S. The Hall–Kier alpha value is -3.84. The van der Waals surface area contributed by atoms with E-state index in [-0.39, 0.29) is 5.91 Å². The number of carbonyl (C=O) groups is 2. The Morgan fingerprint density at radius 3 is 2.59 bits per heavy atom. The van der Waals surface area contributed by atoms with Crippen LogP contribution in [0.3, 0.4) is 0 Å². The molecule has 32 heavy (non-hydrogen) atoms. The van der Waals surface area contributed by atoms with Crippen LogP contribution in [0.25, 0.3) is 10.9 Å². The third-order valence-corrected chi connectivity index (χ3v) is 6.07. The summed E-state index contributed by atoms with van der Waals surface area (Å²) < 4.78 is 11.2. The summed E-state index contributed by atoms with van der Waals surface area (Å²) in [5.74, 6) is -0.320. The van der Waals surface area contributed by atoms with Gasteiger partial charge in [0.25, 0.3) is 5.91 Å². The number of thioether (sulfide) groups is 1. The average Bonchev–Trinajstić information content (AvgIpc) is 2.83. The molecule has 0 bridgehead atoms. The normalized spacial score (nSPS) is 15.0. The van der Waals surface area contributed by atoms with Gasteiger partial charge in [0.05, 0.1) is 22.5 Å². The first-order valence-electron chi connectivity index (χ1n) is 10.0. The van der Waals surface area contributed by atoms with Gasteiger partial charge in [0.15, 0.2) is 0 Å². The topological polar surface area (TPSA) is 77.5 Å². The largest absolute Gasteiger partial charge is 0.487 e. The number of hydrogen-bond acceptors (Lipinski definition) is 6. The second-order valence-corrected chi connectivity index (χ2v) is 8.25. The van der Waals surface area contributed by atoms with Gasteiger partial charge in [0, 0.05) is 10.3 Å². The number of aromatic nitrogens is 1. The first-order chi connectivity index (χ1) is 15.7. The molecular weight excluding hydrogens is 424 g/mol. The van der Waals surface area contributed by atoms with E-state index in [4.69, 9.17) is 9.47 Å². The van der Waals surface area contributed by atoms with E-state index >= 15 is 0 Å². The number of carbonyl (C=O) groups excluding carboxylic acids is 2. The van der Waals surface area contributed by atoms with Crippen molar-refractivity contribution in [3.05, 3.63) is 96.2 Å². The minimum absolute atomic E-state index is 0.312. The zero-order valence-corrected chi connectivity index (χ0v) is 17.7. The van der Waals surface area contributed by atoms with Crippen molar-refractivity contribution in [2.75, 3.05) is 5.32 Å². The molecule has 6 nitrogen and oxygen atoms in total. The number of para-hydroxylation sites is 2. The summed E-state index contributed by atoms with van der Waals surface area (Å²) in [6.07, 6.45) is 0. The molecule has 4 aromatic rings. The Bertz CT molecular complexity index is 1310. The Balaban J connectivity index is 1.20. The summed E-state index contributed by atoms with van der Waals surface area (Å²) in [4.78, 5) is 30.2. The number of nitrogens with one attached hydrogen (secondary N) is 1. The van der Waals surface area contributed by atoms with Crippen LogP contribution >= 0.6 is 11.8 Å². The van der Waals surface area contributed by atoms with Crippen LogP contribution in [0.5, 0.6) is 5.75 Å². The van der Waals surface area contributed by atoms with Crippen molar-refractivity contribution in [3.8, 4) is 5.75 Å². The lowest BCUT2D eigenvalue weighted by atomic mass is 10.2. The number of hydrogen-bond donors (Lipinski definition) is 1. The number of anilines is 1. The molecule has 0 radical (unpaired) electrons. The lowest BCUT2D eigenvalue weighted by Gasteiger charge is -2.23. The molecule has 158 valence electrons. The maximum atomic E-state index is 12.5. The molecule has 1 aromatic heterocycles. The van der Waals surface area contributed by atoms with Crippen LogP contribution in [0.2, 0.25) is 0 Å². The van der Waals surface area contributed by atoms with Crippen LogP contribution < -0.4 is 10.1 Å². The van der Waals surface area contributed by atoms with Gasteiger partial charge in [0.1, 0.15) is 12.4 Å². The molecule has 0 spiro atoms. The van der Waals surface area contributed by atoms with Crippen LogP contribution in [-0.2, 0) is 16.1 Å². The molecule has 0 fully saturated rings. The van der Waals surface area contributed by atoms with E-state index in [0.717, 1.165) is 27.2 Å². The number of nitrogens with zero attached hydrogens (tertiary/aromatic N) is 1. The molecule has 1 N–H and O–H groups in total. The minimum Gasteiger partial charge on any atom is -0.487 e. The number of fused-ring (bicyclic) bond motifs is 2. The van der Waals surface area contributed by atoms with Crippen molar-refractivity contribution >= 4 is 40.2 Å². The molecule has 1 unspecified atom stereocenters. The highest BCUT2D eigenvalue weighted by Crippen LogP contribution is 2.36. The number of ether oxygens (including phenoxy) is 2. The van der Waals surface area contributed by atoms with Crippen LogP contribution in [0, 0.1) is 0 Å². The summed E-state index contributed by atoms with van der Waals surface area (Å²) in [6.45, 7) is 0.312. The first kappa shape index (κ1) is 20.1. The lowest BCUT2D eigenvalue weighted by molar-refractivity contribution is -0.120. The van der Waals surface area contributed by atoms with Gasteiger partial charge in [-0.2, -0.15) is 0 Å². The standard InChI is InChI=1S/C25H18N2O4S/c28-23-25(32-22-8-4-3-7-21(22)27-23)31-24(29)17-10-13-19(14-11-17)30-15-18-12-9-16-5-1-2-6-20(16)26-18/h1-14,25H,15H2,(H,27,28). The lowest BCUT2D eigenvalue weighted by Crippen LogP contribution is -2.32. The highest BCUT2D eigenvalue weighted by atomic mass is 32.2. The predicted octanol–water partition coefficient (Wildman–Crippen LogP) is 5.04. The van der Waals surface area contributed by atoms with Gasteiger partial charge in [-0.15, -0.1) is 0 Å². The second-order valence-electron chi connectivity index (χ2n) is 7.15. The number of benzene rings is 3. The number of esters is 1. The molecule has 2 heterocycles. The van der Waals surface area contributed by atoms with Gasteiger partial charge in [-0.05, 0) is 48.5 Å². The van der Waals surface area contributed by atoms with Gasteiger partial charge in [0.2, 0.25) is 5.44 Å². The zero-order valence-electron chi connectivity index (χ0n) is 16.9. The maximum Gasteiger partial charge on any atom is 0.339 e. The van der Waals surface area contributed by atoms with Crippen LogP contribution in [-0.4, -0.2) is 22.3 Å². The van der Waals surface area contributed by atoms with Gasteiger partial charge in [-0.3, -0.25) is 4.79 Å². The third-order valence-electron chi connectivity index (χ3n) is 4.94. The van der Waals surface area contributed by atoms with Crippen molar-refractivity contribution < 1.29 is 19.1 Å². The molecule has 0 aliphatic carbocycles. The number of pyridine rings is 1. The number of amides is 1. The second kappa shape index (κ2) is 8.72. The molecule has 3 aromatic carbocycles. The summed E-state index contributed by atoms with van der Waals surface area (Å²) >= 11 is 1.21. The van der Waals surface area contributed by atoms with Crippen molar-refractivity contribution in [1.82, 2.24) is 4.98 Å². The summed E-state index contributed by atoms with van der Waals surface area (Å²) in [7, 11) is 0. The fraction of sp³-hybridized carbons (Fsp3) is 0.0800. The van der Waals surface area contributed by atoms with E-state index in [1.54, 1.807) is 24.3 Å². The van der Waals surface area contributed by atoms with E-state index < -0.39 is 11.4 Å². The monoisotopic (exact) mass is 442 g/mol. The Morgan fingerprint density at radius 2 is 1.72 bits per heavy atom. The van der Waals surface area contributed by atoms with E-state index in [2.05, 4.69) is 10.3 Å². The summed E-state index contributed by atoms with van der Waals surface area (Å²) in [6, 6.07) is 25.9. The molecule has 1 atom stereocenters. The fourth-order valence-electron chi connectivity index (χ4n) is 3.31. The van der Waals surface area contributed by atoms with E-state index in [1.165, 1.54) is 11.8 Å². The van der Waals surface area contributed by atoms with Gasteiger partial charge < -0.3 is 14.8 Å². The molecule has 7 heteroatoms. The summed E-state index contributed by atoms with van der Waals surface area (Å²) in [5, 5.41) is 3.83. The van der Waals surface area contributed by atoms with Crippen molar-refractivity contribution in [3.63, 3.8) is 0 Å². The third kappa shape index (κ3) is 4.29. The molecule has 5 rings (SSSR count). The first-order valence-corrected chi connectivity index (χ1v) is 10.9. The van der Waals surface area contributed by atoms with Gasteiger partial charge in [-0.1, -0.05) is 48.2 Å². The van der Waals surface area contributed by atoms with Gasteiger partial charge >= 0.3 is 5.97 Å². The van der Waals surface area contributed by atoms with Crippen molar-refractivity contribution in [2.24, 2.45) is 0 Å². The highest BCUT2D eigenvalue weighted by molar-refractivity contribution is 8.00. The maximum absolute atomic E-state index is 12.5. The number of rotatable bonds is 5. The smallest absolute Gasteiger partial charge is 0.339 e. The van der Waals surface area contributed by atoms with Crippen LogP contribution in [0.4, 0.5) is 5.69 Å². The molecule has 1 amide bonds.